The van der Waals surface area contributed by atoms with Crippen molar-refractivity contribution < 1.29 is 14.3 Å². The predicted octanol–water partition coefficient (Wildman–Crippen LogP) is 3.57. The summed E-state index contributed by atoms with van der Waals surface area (Å²) in [5.41, 5.74) is 7.43. The van der Waals surface area contributed by atoms with Crippen LogP contribution in [0.4, 0.5) is 0 Å². The van der Waals surface area contributed by atoms with E-state index in [9.17, 15) is 4.79 Å². The van der Waals surface area contributed by atoms with Crippen molar-refractivity contribution in [2.45, 2.75) is 45.4 Å². The molecule has 1 heterocycles. The number of rotatable bonds is 7. The molecular formula is C21H28N2O3S. The summed E-state index contributed by atoms with van der Waals surface area (Å²) >= 11 is 1.63. The molecule has 3 N–H and O–H groups in total. The quantitative estimate of drug-likeness (QED) is 0.760. The normalized spacial score (nSPS) is 23.5. The van der Waals surface area contributed by atoms with E-state index in [1.807, 2.05) is 45.0 Å². The third kappa shape index (κ3) is 3.61. The Morgan fingerprint density at radius 3 is 2.59 bits per heavy atom. The molecule has 1 saturated carbocycles. The molecule has 0 spiro atoms. The van der Waals surface area contributed by atoms with Crippen molar-refractivity contribution >= 4 is 17.2 Å². The van der Waals surface area contributed by atoms with Gasteiger partial charge in [-0.1, -0.05) is 26.0 Å². The summed E-state index contributed by atoms with van der Waals surface area (Å²) in [5, 5.41) is 5.11. The number of hydrogen-bond acceptors (Lipinski definition) is 5. The second-order valence-corrected chi connectivity index (χ2v) is 8.55. The predicted molar refractivity (Wildman–Crippen MR) is 109 cm³/mol. The summed E-state index contributed by atoms with van der Waals surface area (Å²) in [7, 11) is 1.66. The molecule has 6 heteroatoms. The largest absolute Gasteiger partial charge is 0.497 e. The van der Waals surface area contributed by atoms with Crippen LogP contribution in [0, 0.1) is 5.41 Å². The first-order valence-corrected chi connectivity index (χ1v) is 10.1. The van der Waals surface area contributed by atoms with Crippen molar-refractivity contribution in [3.63, 3.8) is 0 Å². The van der Waals surface area contributed by atoms with Gasteiger partial charge in [0.15, 0.2) is 0 Å². The van der Waals surface area contributed by atoms with Crippen LogP contribution in [0.25, 0.3) is 11.1 Å². The fourth-order valence-corrected chi connectivity index (χ4v) is 4.39. The molecule has 5 nitrogen and oxygen atoms in total. The molecule has 3 rings (SSSR count). The zero-order chi connectivity index (χ0) is 19.7. The molecule has 1 fully saturated rings. The number of thiophene rings is 1. The number of nitrogens with one attached hydrogen (secondary N) is 1. The van der Waals surface area contributed by atoms with E-state index >= 15 is 0 Å². The van der Waals surface area contributed by atoms with E-state index in [2.05, 4.69) is 16.8 Å². The van der Waals surface area contributed by atoms with Crippen LogP contribution in [0.2, 0.25) is 0 Å². The average molecular weight is 389 g/mol. The van der Waals surface area contributed by atoms with Crippen LogP contribution in [0.1, 0.15) is 32.1 Å². The second-order valence-electron chi connectivity index (χ2n) is 7.55. The maximum Gasteiger partial charge on any atom is 0.241 e. The maximum absolute atomic E-state index is 12.7. The molecule has 1 aliphatic carbocycles. The van der Waals surface area contributed by atoms with Gasteiger partial charge in [0.05, 0.1) is 19.8 Å². The van der Waals surface area contributed by atoms with Gasteiger partial charge in [-0.2, -0.15) is 0 Å². The van der Waals surface area contributed by atoms with Gasteiger partial charge in [0.1, 0.15) is 11.3 Å². The maximum atomic E-state index is 12.7. The molecule has 1 aliphatic rings. The Hall–Kier alpha value is -1.89. The first-order chi connectivity index (χ1) is 12.8. The summed E-state index contributed by atoms with van der Waals surface area (Å²) < 4.78 is 10.9. The van der Waals surface area contributed by atoms with Crippen molar-refractivity contribution in [3.8, 4) is 16.9 Å². The number of nitrogens with two attached hydrogens (primary N) is 1. The van der Waals surface area contributed by atoms with Gasteiger partial charge in [-0.25, -0.2) is 0 Å². The summed E-state index contributed by atoms with van der Waals surface area (Å²) in [6.07, 6.45) is 0.586. The Bertz CT molecular complexity index is 800. The van der Waals surface area contributed by atoms with Crippen LogP contribution in [-0.2, 0) is 16.1 Å². The fourth-order valence-electron chi connectivity index (χ4n) is 3.55. The lowest BCUT2D eigenvalue weighted by Gasteiger charge is -2.57. The molecule has 2 atom stereocenters. The van der Waals surface area contributed by atoms with Crippen LogP contribution < -0.4 is 15.8 Å². The molecular weight excluding hydrogens is 360 g/mol. The van der Waals surface area contributed by atoms with E-state index in [1.165, 1.54) is 0 Å². The molecule has 27 heavy (non-hydrogen) atoms. The van der Waals surface area contributed by atoms with Crippen molar-refractivity contribution in [1.82, 2.24) is 5.32 Å². The molecule has 0 saturated heterocycles. The molecule has 0 aliphatic heterocycles. The van der Waals surface area contributed by atoms with E-state index in [0.29, 0.717) is 19.6 Å². The number of carbonyl (C=O) groups excluding carboxylic acids is 1. The van der Waals surface area contributed by atoms with Gasteiger partial charge in [-0.3, -0.25) is 4.79 Å². The number of benzene rings is 1. The Labute approximate surface area is 164 Å². The lowest BCUT2D eigenvalue weighted by atomic mass is 9.54. The highest BCUT2D eigenvalue weighted by Crippen LogP contribution is 2.49. The van der Waals surface area contributed by atoms with Crippen LogP contribution in [0.15, 0.2) is 35.7 Å². The van der Waals surface area contributed by atoms with Crippen LogP contribution >= 0.6 is 11.3 Å². The van der Waals surface area contributed by atoms with Gasteiger partial charge in [0.2, 0.25) is 5.91 Å². The molecule has 1 amide bonds. The Balaban J connectivity index is 1.61. The standard InChI is InChI=1S/C21H28N2O3S/c1-5-26-18-11-21(22,20(18,2)3)19(24)23-12-17-10-15(13-27-17)14-6-8-16(25-4)9-7-14/h6-10,13,18H,5,11-12,22H2,1-4H3,(H,23,24). The minimum Gasteiger partial charge on any atom is -0.497 e. The van der Waals surface area contributed by atoms with Gasteiger partial charge in [-0.15, -0.1) is 11.3 Å². The minimum absolute atomic E-state index is 0.0293. The number of amides is 1. The topological polar surface area (TPSA) is 73.6 Å². The van der Waals surface area contributed by atoms with Crippen molar-refractivity contribution in [3.05, 3.63) is 40.6 Å². The minimum atomic E-state index is -0.886. The summed E-state index contributed by atoms with van der Waals surface area (Å²) in [6.45, 7) is 7.08. The van der Waals surface area contributed by atoms with Crippen molar-refractivity contribution in [1.29, 1.82) is 0 Å². The highest BCUT2D eigenvalue weighted by molar-refractivity contribution is 7.10. The smallest absolute Gasteiger partial charge is 0.241 e. The third-order valence-electron chi connectivity index (χ3n) is 5.74. The van der Waals surface area contributed by atoms with E-state index in [1.54, 1.807) is 18.4 Å². The van der Waals surface area contributed by atoms with Crippen molar-refractivity contribution in [2.24, 2.45) is 11.1 Å². The van der Waals surface area contributed by atoms with Crippen molar-refractivity contribution in [2.75, 3.05) is 13.7 Å². The summed E-state index contributed by atoms with van der Waals surface area (Å²) in [4.78, 5) is 13.8. The lowest BCUT2D eigenvalue weighted by Crippen LogP contribution is -2.75. The molecule has 2 unspecified atom stereocenters. The second kappa shape index (κ2) is 7.62. The van der Waals surface area contributed by atoms with E-state index in [4.69, 9.17) is 15.2 Å². The molecule has 1 aromatic carbocycles. The third-order valence-corrected chi connectivity index (χ3v) is 6.67. The van der Waals surface area contributed by atoms with E-state index < -0.39 is 5.54 Å². The monoisotopic (exact) mass is 388 g/mol. The molecule has 1 aromatic heterocycles. The average Bonchev–Trinajstić information content (AvgIpc) is 3.14. The molecule has 2 aromatic rings. The van der Waals surface area contributed by atoms with Crippen LogP contribution in [-0.4, -0.2) is 31.3 Å². The zero-order valence-corrected chi connectivity index (χ0v) is 17.2. The van der Waals surface area contributed by atoms with Crippen LogP contribution in [0.3, 0.4) is 0 Å². The highest BCUT2D eigenvalue weighted by atomic mass is 32.1. The van der Waals surface area contributed by atoms with Gasteiger partial charge < -0.3 is 20.5 Å². The van der Waals surface area contributed by atoms with E-state index in [-0.39, 0.29) is 17.4 Å². The Morgan fingerprint density at radius 2 is 2.00 bits per heavy atom. The number of ether oxygens (including phenoxy) is 2. The zero-order valence-electron chi connectivity index (χ0n) is 16.4. The van der Waals surface area contributed by atoms with E-state index in [0.717, 1.165) is 21.8 Å². The Kier molecular flexibility index (Phi) is 5.60. The van der Waals surface area contributed by atoms with Gasteiger partial charge in [0, 0.05) is 23.3 Å². The molecule has 146 valence electrons. The molecule has 0 radical (unpaired) electrons. The highest BCUT2D eigenvalue weighted by Gasteiger charge is 2.62. The molecule has 0 bridgehead atoms. The summed E-state index contributed by atoms with van der Waals surface area (Å²) in [5.74, 6) is 0.728. The first-order valence-electron chi connectivity index (χ1n) is 9.22. The first kappa shape index (κ1) is 19.9. The SMILES string of the molecule is CCOC1CC(N)(C(=O)NCc2cc(-c3ccc(OC)cc3)cs2)C1(C)C. The lowest BCUT2D eigenvalue weighted by molar-refractivity contribution is -0.170. The number of carbonyl (C=O) groups is 1. The number of hydrogen-bond donors (Lipinski definition) is 2. The van der Waals surface area contributed by atoms with Crippen LogP contribution in [0.5, 0.6) is 5.75 Å². The van der Waals surface area contributed by atoms with Gasteiger partial charge in [-0.05, 0) is 41.6 Å². The summed E-state index contributed by atoms with van der Waals surface area (Å²) in [6, 6.07) is 10.1. The van der Waals surface area contributed by atoms with Gasteiger partial charge >= 0.3 is 0 Å². The Morgan fingerprint density at radius 1 is 1.30 bits per heavy atom. The van der Waals surface area contributed by atoms with Gasteiger partial charge in [0.25, 0.3) is 0 Å². The fraction of sp³-hybridized carbons (Fsp3) is 0.476. The number of methoxy groups -OCH3 is 1.